The van der Waals surface area contributed by atoms with E-state index in [1.54, 1.807) is 0 Å². The van der Waals surface area contributed by atoms with Gasteiger partial charge in [-0.05, 0) is 59.2 Å². The number of aromatic nitrogens is 2. The maximum absolute atomic E-state index is 13.6. The third kappa shape index (κ3) is 3.58. The Bertz CT molecular complexity index is 2800. The lowest BCUT2D eigenvalue weighted by molar-refractivity contribution is 0.628. The van der Waals surface area contributed by atoms with Gasteiger partial charge in [0.2, 0.25) is 0 Å². The standard InChI is InChI=1S/C42H25FN2O/c43-28-19-17-26(18-20-28)25-13-15-27(16-14-25)35-23-29(24-36-32-9-3-6-12-39(32)46-42(35)36)45-38-11-5-2-8-31(38)34-22-21-33-30-7-1-4-10-37(30)44-40(33)41(34)45/h1-24,44H. The molecular weight excluding hydrogens is 567 g/mol. The molecule has 10 aromatic rings. The van der Waals surface area contributed by atoms with Gasteiger partial charge in [0.1, 0.15) is 17.0 Å². The van der Waals surface area contributed by atoms with Crippen LogP contribution in [0.25, 0.3) is 93.5 Å². The maximum Gasteiger partial charge on any atom is 0.143 e. The summed E-state index contributed by atoms with van der Waals surface area (Å²) in [5, 5.41) is 6.99. The molecule has 0 radical (unpaired) electrons. The zero-order valence-electron chi connectivity index (χ0n) is 24.6. The van der Waals surface area contributed by atoms with Crippen molar-refractivity contribution < 1.29 is 8.81 Å². The average Bonchev–Trinajstić information content (AvgIpc) is 3.78. The predicted molar refractivity (Wildman–Crippen MR) is 188 cm³/mol. The van der Waals surface area contributed by atoms with Crippen molar-refractivity contribution in [2.24, 2.45) is 0 Å². The molecule has 3 aromatic heterocycles. The molecule has 3 nitrogen and oxygen atoms in total. The zero-order chi connectivity index (χ0) is 30.4. The van der Waals surface area contributed by atoms with Crippen LogP contribution in [0.4, 0.5) is 4.39 Å². The number of fused-ring (bicyclic) bond motifs is 10. The summed E-state index contributed by atoms with van der Waals surface area (Å²) in [5.74, 6) is -0.237. The van der Waals surface area contributed by atoms with E-state index in [-0.39, 0.29) is 5.82 Å². The molecule has 3 heterocycles. The van der Waals surface area contributed by atoms with E-state index < -0.39 is 0 Å². The number of aromatic amines is 1. The lowest BCUT2D eigenvalue weighted by atomic mass is 9.98. The van der Waals surface area contributed by atoms with Crippen LogP contribution in [-0.4, -0.2) is 9.55 Å². The summed E-state index contributed by atoms with van der Waals surface area (Å²) in [6.07, 6.45) is 0. The van der Waals surface area contributed by atoms with E-state index in [2.05, 4.69) is 119 Å². The predicted octanol–water partition coefficient (Wildman–Crippen LogP) is 11.8. The first-order valence-electron chi connectivity index (χ1n) is 15.5. The van der Waals surface area contributed by atoms with Gasteiger partial charge in [0.05, 0.1) is 16.6 Å². The Balaban J connectivity index is 1.29. The molecule has 0 unspecified atom stereocenters. The molecule has 0 saturated heterocycles. The molecule has 0 saturated carbocycles. The maximum atomic E-state index is 13.6. The van der Waals surface area contributed by atoms with E-state index in [0.717, 1.165) is 71.9 Å². The summed E-state index contributed by atoms with van der Waals surface area (Å²) in [5.41, 5.74) is 11.4. The number of para-hydroxylation sites is 3. The van der Waals surface area contributed by atoms with E-state index in [9.17, 15) is 4.39 Å². The number of furan rings is 1. The molecule has 4 heteroatoms. The topological polar surface area (TPSA) is 33.9 Å². The number of rotatable bonds is 3. The summed E-state index contributed by atoms with van der Waals surface area (Å²) in [7, 11) is 0. The molecule has 10 rings (SSSR count). The Hall–Kier alpha value is -6.13. The van der Waals surface area contributed by atoms with Crippen LogP contribution in [0.3, 0.4) is 0 Å². The van der Waals surface area contributed by atoms with Crippen molar-refractivity contribution >= 4 is 65.6 Å². The Labute approximate surface area is 262 Å². The van der Waals surface area contributed by atoms with Crippen molar-refractivity contribution in [1.29, 1.82) is 0 Å². The molecule has 0 atom stereocenters. The molecule has 0 amide bonds. The van der Waals surface area contributed by atoms with Crippen LogP contribution in [0, 0.1) is 5.82 Å². The van der Waals surface area contributed by atoms with Gasteiger partial charge in [-0.1, -0.05) is 103 Å². The Kier molecular flexibility index (Phi) is 5.17. The molecule has 1 N–H and O–H groups in total. The van der Waals surface area contributed by atoms with Gasteiger partial charge < -0.3 is 14.0 Å². The Morgan fingerprint density at radius 1 is 0.522 bits per heavy atom. The van der Waals surface area contributed by atoms with Gasteiger partial charge in [0, 0.05) is 49.1 Å². The highest BCUT2D eigenvalue weighted by Crippen LogP contribution is 2.42. The first-order valence-corrected chi connectivity index (χ1v) is 15.5. The number of halogens is 1. The molecule has 0 aliphatic heterocycles. The van der Waals surface area contributed by atoms with Crippen LogP contribution in [-0.2, 0) is 0 Å². The van der Waals surface area contributed by atoms with Crippen LogP contribution >= 0.6 is 0 Å². The van der Waals surface area contributed by atoms with E-state index in [0.29, 0.717) is 0 Å². The summed E-state index contributed by atoms with van der Waals surface area (Å²) >= 11 is 0. The average molecular weight is 593 g/mol. The first-order chi connectivity index (χ1) is 22.7. The van der Waals surface area contributed by atoms with E-state index >= 15 is 0 Å². The normalized spacial score (nSPS) is 12.0. The quantitative estimate of drug-likeness (QED) is 0.218. The monoisotopic (exact) mass is 592 g/mol. The van der Waals surface area contributed by atoms with Crippen LogP contribution in [0.2, 0.25) is 0 Å². The zero-order valence-corrected chi connectivity index (χ0v) is 24.6. The number of hydrogen-bond acceptors (Lipinski definition) is 1. The SMILES string of the molecule is Fc1ccc(-c2ccc(-c3cc(-n4c5ccccc5c5ccc6c7ccccc7[nH]c6c54)cc4c3oc3ccccc34)cc2)cc1. The van der Waals surface area contributed by atoms with Crippen molar-refractivity contribution in [1.82, 2.24) is 9.55 Å². The number of hydrogen-bond donors (Lipinski definition) is 1. The Morgan fingerprint density at radius 3 is 2.00 bits per heavy atom. The summed E-state index contributed by atoms with van der Waals surface area (Å²) in [4.78, 5) is 3.76. The minimum absolute atomic E-state index is 0.237. The van der Waals surface area contributed by atoms with Gasteiger partial charge in [-0.2, -0.15) is 0 Å². The third-order valence-corrected chi connectivity index (χ3v) is 9.41. The molecule has 216 valence electrons. The fourth-order valence-electron chi connectivity index (χ4n) is 7.28. The lowest BCUT2D eigenvalue weighted by Crippen LogP contribution is -1.96. The highest BCUT2D eigenvalue weighted by atomic mass is 19.1. The van der Waals surface area contributed by atoms with Crippen molar-refractivity contribution in [3.05, 3.63) is 151 Å². The molecule has 46 heavy (non-hydrogen) atoms. The second kappa shape index (κ2) is 9.43. The molecular formula is C42H25FN2O. The molecule has 0 aliphatic rings. The van der Waals surface area contributed by atoms with Crippen LogP contribution in [0.5, 0.6) is 0 Å². The highest BCUT2D eigenvalue weighted by molar-refractivity contribution is 6.23. The van der Waals surface area contributed by atoms with Gasteiger partial charge in [-0.25, -0.2) is 4.39 Å². The largest absolute Gasteiger partial charge is 0.455 e. The lowest BCUT2D eigenvalue weighted by Gasteiger charge is -2.13. The van der Waals surface area contributed by atoms with Gasteiger partial charge in [0.15, 0.2) is 0 Å². The molecule has 0 aliphatic carbocycles. The number of nitrogens with zero attached hydrogens (tertiary/aromatic N) is 1. The van der Waals surface area contributed by atoms with E-state index in [1.165, 1.54) is 33.7 Å². The van der Waals surface area contributed by atoms with Crippen molar-refractivity contribution in [3.63, 3.8) is 0 Å². The van der Waals surface area contributed by atoms with Crippen LogP contribution < -0.4 is 0 Å². The summed E-state index contributed by atoms with van der Waals surface area (Å²) < 4.78 is 22.6. The number of H-pyrrole nitrogens is 1. The Morgan fingerprint density at radius 2 is 1.17 bits per heavy atom. The summed E-state index contributed by atoms with van der Waals surface area (Å²) in [6, 6.07) is 49.5. The van der Waals surface area contributed by atoms with Gasteiger partial charge in [-0.15, -0.1) is 0 Å². The van der Waals surface area contributed by atoms with Crippen molar-refractivity contribution in [3.8, 4) is 27.9 Å². The minimum Gasteiger partial charge on any atom is -0.455 e. The third-order valence-electron chi connectivity index (χ3n) is 9.41. The number of nitrogens with one attached hydrogen (secondary N) is 1. The molecule has 0 spiro atoms. The van der Waals surface area contributed by atoms with Crippen LogP contribution in [0.1, 0.15) is 0 Å². The molecule has 7 aromatic carbocycles. The highest BCUT2D eigenvalue weighted by Gasteiger charge is 2.20. The summed E-state index contributed by atoms with van der Waals surface area (Å²) in [6.45, 7) is 0. The second-order valence-corrected chi connectivity index (χ2v) is 12.0. The number of benzene rings is 7. The smallest absolute Gasteiger partial charge is 0.143 e. The van der Waals surface area contributed by atoms with Gasteiger partial charge in [-0.3, -0.25) is 0 Å². The van der Waals surface area contributed by atoms with Crippen molar-refractivity contribution in [2.45, 2.75) is 0 Å². The fourth-order valence-corrected chi connectivity index (χ4v) is 7.28. The van der Waals surface area contributed by atoms with Gasteiger partial charge in [0.25, 0.3) is 0 Å². The van der Waals surface area contributed by atoms with Crippen LogP contribution in [0.15, 0.2) is 150 Å². The second-order valence-electron chi connectivity index (χ2n) is 12.0. The minimum atomic E-state index is -0.237. The fraction of sp³-hybridized carbons (Fsp3) is 0. The first kappa shape index (κ1) is 25.2. The van der Waals surface area contributed by atoms with Crippen molar-refractivity contribution in [2.75, 3.05) is 0 Å². The van der Waals surface area contributed by atoms with E-state index in [4.69, 9.17) is 4.42 Å². The van der Waals surface area contributed by atoms with Gasteiger partial charge >= 0.3 is 0 Å². The van der Waals surface area contributed by atoms with E-state index in [1.807, 2.05) is 24.3 Å². The molecule has 0 bridgehead atoms. The molecule has 0 fully saturated rings.